The summed E-state index contributed by atoms with van der Waals surface area (Å²) in [5.41, 5.74) is 1.94. The number of anilines is 1. The first-order chi connectivity index (χ1) is 12.0. The van der Waals surface area contributed by atoms with Crippen LogP contribution in [0, 0.1) is 0 Å². The van der Waals surface area contributed by atoms with Crippen molar-refractivity contribution in [3.05, 3.63) is 58.7 Å². The Morgan fingerprint density at radius 1 is 1.28 bits per heavy atom. The fourth-order valence-corrected chi connectivity index (χ4v) is 3.42. The van der Waals surface area contributed by atoms with Crippen molar-refractivity contribution in [1.82, 2.24) is 9.88 Å². The lowest BCUT2D eigenvalue weighted by Gasteiger charge is -2.33. The second-order valence-electron chi connectivity index (χ2n) is 6.87. The van der Waals surface area contributed by atoms with Crippen molar-refractivity contribution in [2.45, 2.75) is 38.6 Å². The van der Waals surface area contributed by atoms with E-state index in [9.17, 15) is 4.79 Å². The molecule has 1 fully saturated rings. The number of carbonyl (C=O) groups excluding carboxylic acids is 1. The molecule has 1 aromatic heterocycles. The third-order valence-electron chi connectivity index (χ3n) is 4.49. The highest BCUT2D eigenvalue weighted by molar-refractivity contribution is 6.30. The van der Waals surface area contributed by atoms with E-state index in [1.165, 1.54) is 5.56 Å². The topological polar surface area (TPSA) is 45.2 Å². The van der Waals surface area contributed by atoms with Gasteiger partial charge in [0.1, 0.15) is 5.82 Å². The molecule has 132 valence electrons. The molecule has 1 N–H and O–H groups in total. The van der Waals surface area contributed by atoms with Crippen molar-refractivity contribution in [3.63, 3.8) is 0 Å². The number of likely N-dealkylation sites (tertiary alicyclic amines) is 1. The summed E-state index contributed by atoms with van der Waals surface area (Å²) >= 11 is 5.98. The van der Waals surface area contributed by atoms with E-state index in [0.717, 1.165) is 36.8 Å². The minimum atomic E-state index is 0.0767. The molecule has 1 saturated heterocycles. The van der Waals surface area contributed by atoms with Crippen LogP contribution < -0.4 is 5.32 Å². The number of hydrogen-bond donors (Lipinski definition) is 1. The maximum atomic E-state index is 12.9. The number of amides is 1. The predicted octanol–water partition coefficient (Wildman–Crippen LogP) is 4.58. The number of benzene rings is 1. The first-order valence-electron chi connectivity index (χ1n) is 8.80. The standard InChI is InChI=1S/C20H24ClN3O/c1-14(2)23-19-12-16(9-10-22-19)20(25)24-11-3-4-17(13-24)15-5-7-18(21)8-6-15/h5-10,12,14,17H,3-4,11,13H2,1-2H3,(H,22,23). The summed E-state index contributed by atoms with van der Waals surface area (Å²) in [5.74, 6) is 1.19. The first kappa shape index (κ1) is 17.7. The molecule has 25 heavy (non-hydrogen) atoms. The Kier molecular flexibility index (Phi) is 5.59. The van der Waals surface area contributed by atoms with E-state index in [-0.39, 0.29) is 11.9 Å². The van der Waals surface area contributed by atoms with Crippen molar-refractivity contribution in [2.24, 2.45) is 0 Å². The number of piperidine rings is 1. The van der Waals surface area contributed by atoms with E-state index in [1.807, 2.05) is 23.1 Å². The molecule has 1 aromatic carbocycles. The molecule has 0 saturated carbocycles. The zero-order chi connectivity index (χ0) is 17.8. The van der Waals surface area contributed by atoms with E-state index >= 15 is 0 Å². The van der Waals surface area contributed by atoms with Crippen molar-refractivity contribution in [1.29, 1.82) is 0 Å². The maximum Gasteiger partial charge on any atom is 0.254 e. The van der Waals surface area contributed by atoms with Gasteiger partial charge >= 0.3 is 0 Å². The lowest BCUT2D eigenvalue weighted by atomic mass is 9.90. The van der Waals surface area contributed by atoms with E-state index in [4.69, 9.17) is 11.6 Å². The molecular weight excluding hydrogens is 334 g/mol. The van der Waals surface area contributed by atoms with Gasteiger partial charge < -0.3 is 10.2 Å². The highest BCUT2D eigenvalue weighted by Gasteiger charge is 2.25. The van der Waals surface area contributed by atoms with Crippen LogP contribution >= 0.6 is 11.6 Å². The molecule has 0 bridgehead atoms. The lowest BCUT2D eigenvalue weighted by Crippen LogP contribution is -2.39. The summed E-state index contributed by atoms with van der Waals surface area (Å²) in [5, 5.41) is 3.99. The molecule has 0 radical (unpaired) electrons. The van der Waals surface area contributed by atoms with Crippen molar-refractivity contribution >= 4 is 23.3 Å². The van der Waals surface area contributed by atoms with Crippen molar-refractivity contribution in [2.75, 3.05) is 18.4 Å². The molecule has 0 aliphatic carbocycles. The normalized spacial score (nSPS) is 17.6. The molecule has 1 aliphatic heterocycles. The molecule has 3 rings (SSSR count). The third kappa shape index (κ3) is 4.51. The number of rotatable bonds is 4. The van der Waals surface area contributed by atoms with Gasteiger partial charge in [0.05, 0.1) is 0 Å². The van der Waals surface area contributed by atoms with Crippen LogP contribution in [0.25, 0.3) is 0 Å². The van der Waals surface area contributed by atoms with Gasteiger partial charge in [-0.2, -0.15) is 0 Å². The van der Waals surface area contributed by atoms with Gasteiger partial charge in [0.25, 0.3) is 5.91 Å². The molecule has 1 aliphatic rings. The number of carbonyl (C=O) groups is 1. The average molecular weight is 358 g/mol. The van der Waals surface area contributed by atoms with Crippen LogP contribution in [-0.2, 0) is 0 Å². The zero-order valence-corrected chi connectivity index (χ0v) is 15.5. The fraction of sp³-hybridized carbons (Fsp3) is 0.400. The number of hydrogen-bond acceptors (Lipinski definition) is 3. The van der Waals surface area contributed by atoms with Crippen LogP contribution in [0.1, 0.15) is 48.5 Å². The quantitative estimate of drug-likeness (QED) is 0.871. The summed E-state index contributed by atoms with van der Waals surface area (Å²) in [4.78, 5) is 19.2. The van der Waals surface area contributed by atoms with Gasteiger partial charge in [-0.15, -0.1) is 0 Å². The van der Waals surface area contributed by atoms with Crippen molar-refractivity contribution < 1.29 is 4.79 Å². The second-order valence-corrected chi connectivity index (χ2v) is 7.31. The smallest absolute Gasteiger partial charge is 0.254 e. The van der Waals surface area contributed by atoms with Gasteiger partial charge in [0, 0.05) is 41.8 Å². The molecule has 1 atom stereocenters. The largest absolute Gasteiger partial charge is 0.368 e. The molecular formula is C20H24ClN3O. The van der Waals surface area contributed by atoms with Gasteiger partial charge in [-0.05, 0) is 56.5 Å². The Bertz CT molecular complexity index is 730. The number of halogens is 1. The number of aromatic nitrogens is 1. The van der Waals surface area contributed by atoms with E-state index in [1.54, 1.807) is 12.3 Å². The molecule has 5 heteroatoms. The Morgan fingerprint density at radius 2 is 2.04 bits per heavy atom. The van der Waals surface area contributed by atoms with Crippen LogP contribution in [0.3, 0.4) is 0 Å². The summed E-state index contributed by atoms with van der Waals surface area (Å²) < 4.78 is 0. The van der Waals surface area contributed by atoms with E-state index in [0.29, 0.717) is 11.5 Å². The van der Waals surface area contributed by atoms with Crippen LogP contribution in [-0.4, -0.2) is 34.9 Å². The third-order valence-corrected chi connectivity index (χ3v) is 4.75. The molecule has 0 spiro atoms. The van der Waals surface area contributed by atoms with Crippen LogP contribution in [0.2, 0.25) is 5.02 Å². The highest BCUT2D eigenvalue weighted by atomic mass is 35.5. The van der Waals surface area contributed by atoms with Gasteiger partial charge in [0.2, 0.25) is 0 Å². The molecule has 2 heterocycles. The first-order valence-corrected chi connectivity index (χ1v) is 9.18. The molecule has 4 nitrogen and oxygen atoms in total. The van der Waals surface area contributed by atoms with Gasteiger partial charge in [-0.1, -0.05) is 23.7 Å². The highest BCUT2D eigenvalue weighted by Crippen LogP contribution is 2.28. The maximum absolute atomic E-state index is 12.9. The Hall–Kier alpha value is -2.07. The van der Waals surface area contributed by atoms with Gasteiger partial charge in [-0.3, -0.25) is 4.79 Å². The SMILES string of the molecule is CC(C)Nc1cc(C(=O)N2CCCC(c3ccc(Cl)cc3)C2)ccn1. The van der Waals surface area contributed by atoms with Gasteiger partial charge in [0.15, 0.2) is 0 Å². The Balaban J connectivity index is 1.72. The summed E-state index contributed by atoms with van der Waals surface area (Å²) in [7, 11) is 0. The Labute approximate surface area is 154 Å². The average Bonchev–Trinajstić information content (AvgIpc) is 2.61. The number of nitrogens with zero attached hydrogens (tertiary/aromatic N) is 2. The summed E-state index contributed by atoms with van der Waals surface area (Å²) in [6, 6.07) is 11.9. The predicted molar refractivity (Wildman–Crippen MR) is 102 cm³/mol. The lowest BCUT2D eigenvalue weighted by molar-refractivity contribution is 0.0707. The van der Waals surface area contributed by atoms with E-state index in [2.05, 4.69) is 36.3 Å². The number of nitrogens with one attached hydrogen (secondary N) is 1. The molecule has 1 amide bonds. The molecule has 2 aromatic rings. The zero-order valence-electron chi connectivity index (χ0n) is 14.7. The summed E-state index contributed by atoms with van der Waals surface area (Å²) in [6.07, 6.45) is 3.81. The van der Waals surface area contributed by atoms with Gasteiger partial charge in [-0.25, -0.2) is 4.98 Å². The van der Waals surface area contributed by atoms with E-state index < -0.39 is 0 Å². The minimum absolute atomic E-state index is 0.0767. The van der Waals surface area contributed by atoms with Crippen LogP contribution in [0.5, 0.6) is 0 Å². The second kappa shape index (κ2) is 7.87. The minimum Gasteiger partial charge on any atom is -0.368 e. The van der Waals surface area contributed by atoms with Crippen LogP contribution in [0.4, 0.5) is 5.82 Å². The van der Waals surface area contributed by atoms with Crippen molar-refractivity contribution in [3.8, 4) is 0 Å². The number of pyridine rings is 1. The monoisotopic (exact) mass is 357 g/mol. The molecule has 1 unspecified atom stereocenters. The Morgan fingerprint density at radius 3 is 2.76 bits per heavy atom. The van der Waals surface area contributed by atoms with Crippen LogP contribution in [0.15, 0.2) is 42.6 Å². The summed E-state index contributed by atoms with van der Waals surface area (Å²) in [6.45, 7) is 5.66. The fourth-order valence-electron chi connectivity index (χ4n) is 3.29.